The van der Waals surface area contributed by atoms with Gasteiger partial charge in [-0.2, -0.15) is 0 Å². The second kappa shape index (κ2) is 4.85. The molecule has 0 N–H and O–H groups in total. The molecule has 96 valence electrons. The smallest absolute Gasteiger partial charge is 0.146 e. The summed E-state index contributed by atoms with van der Waals surface area (Å²) in [7, 11) is 0. The van der Waals surface area contributed by atoms with Crippen LogP contribution in [0.4, 0.5) is 4.39 Å². The van der Waals surface area contributed by atoms with Crippen LogP contribution in [0.25, 0.3) is 11.0 Å². The summed E-state index contributed by atoms with van der Waals surface area (Å²) in [4.78, 5) is 6.69. The fraction of sp³-hybridized carbons (Fsp3) is 0.0769. The average molecular weight is 278 g/mol. The fourth-order valence-electron chi connectivity index (χ4n) is 1.74. The van der Waals surface area contributed by atoms with Crippen LogP contribution in [0.15, 0.2) is 42.5 Å². The van der Waals surface area contributed by atoms with Crippen LogP contribution in [0, 0.1) is 5.82 Å². The van der Waals surface area contributed by atoms with Crippen molar-refractivity contribution in [3.05, 3.63) is 58.9 Å². The summed E-state index contributed by atoms with van der Waals surface area (Å²) in [6.45, 7) is -0.0150. The lowest BCUT2D eigenvalue weighted by atomic mass is 10.2. The molecule has 3 rings (SSSR count). The number of rotatable bonds is 3. The molecule has 1 aromatic heterocycles. The number of benzene rings is 2. The zero-order chi connectivity index (χ0) is 13.2. The molecule has 0 aliphatic carbocycles. The molecule has 0 unspecified atom stereocenters. The zero-order valence-corrected chi connectivity index (χ0v) is 10.5. The lowest BCUT2D eigenvalue weighted by Crippen LogP contribution is -2.14. The zero-order valence-electron chi connectivity index (χ0n) is 9.75. The minimum atomic E-state index is -0.406. The third-order valence-electron chi connectivity index (χ3n) is 2.71. The Kier molecular flexibility index (Phi) is 3.05. The van der Waals surface area contributed by atoms with Crippen LogP contribution in [0.5, 0.6) is 0 Å². The summed E-state index contributed by atoms with van der Waals surface area (Å²) in [5.74, 6) is -0.406. The van der Waals surface area contributed by atoms with Crippen molar-refractivity contribution in [1.82, 2.24) is 15.2 Å². The topological polar surface area (TPSA) is 39.9 Å². The van der Waals surface area contributed by atoms with Crippen molar-refractivity contribution in [3.8, 4) is 0 Å². The Balaban J connectivity index is 1.87. The van der Waals surface area contributed by atoms with Gasteiger partial charge in [0.15, 0.2) is 0 Å². The number of aromatic nitrogens is 3. The van der Waals surface area contributed by atoms with Crippen LogP contribution in [0.1, 0.15) is 5.56 Å². The predicted octanol–water partition coefficient (Wildman–Crippen LogP) is 2.85. The van der Waals surface area contributed by atoms with Gasteiger partial charge in [0, 0.05) is 5.56 Å². The molecule has 19 heavy (non-hydrogen) atoms. The summed E-state index contributed by atoms with van der Waals surface area (Å²) in [6.07, 6.45) is 0. The highest BCUT2D eigenvalue weighted by molar-refractivity contribution is 6.31. The molecule has 0 atom stereocenters. The van der Waals surface area contributed by atoms with E-state index in [0.717, 1.165) is 5.52 Å². The maximum Gasteiger partial charge on any atom is 0.146 e. The van der Waals surface area contributed by atoms with Gasteiger partial charge in [-0.1, -0.05) is 34.6 Å². The van der Waals surface area contributed by atoms with E-state index in [4.69, 9.17) is 16.4 Å². The lowest BCUT2D eigenvalue weighted by molar-refractivity contribution is 0.0734. The van der Waals surface area contributed by atoms with Gasteiger partial charge in [0.25, 0.3) is 0 Å². The first kappa shape index (κ1) is 11.9. The van der Waals surface area contributed by atoms with Gasteiger partial charge in [-0.3, -0.25) is 0 Å². The summed E-state index contributed by atoms with van der Waals surface area (Å²) < 4.78 is 13.6. The van der Waals surface area contributed by atoms with Gasteiger partial charge in [-0.05, 0) is 29.5 Å². The molecule has 0 saturated carbocycles. The molecule has 2 aromatic carbocycles. The number of halogens is 2. The number of para-hydroxylation sites is 1. The Hall–Kier alpha value is -2.14. The van der Waals surface area contributed by atoms with Crippen molar-refractivity contribution in [2.24, 2.45) is 0 Å². The van der Waals surface area contributed by atoms with E-state index in [2.05, 4.69) is 10.3 Å². The first-order valence-electron chi connectivity index (χ1n) is 5.62. The molecular formula is C13H9ClFN3O. The van der Waals surface area contributed by atoms with Crippen molar-refractivity contribution >= 4 is 22.6 Å². The maximum atomic E-state index is 13.6. The minimum absolute atomic E-state index is 0.0150. The number of hydrogen-bond acceptors (Lipinski definition) is 3. The Morgan fingerprint density at radius 2 is 2.00 bits per heavy atom. The Labute approximate surface area is 113 Å². The molecule has 0 amide bonds. The summed E-state index contributed by atoms with van der Waals surface area (Å²) in [6, 6.07) is 11.8. The van der Waals surface area contributed by atoms with Gasteiger partial charge < -0.3 is 4.84 Å². The van der Waals surface area contributed by atoms with Crippen molar-refractivity contribution < 1.29 is 9.23 Å². The van der Waals surface area contributed by atoms with E-state index in [1.165, 1.54) is 10.9 Å². The Morgan fingerprint density at radius 3 is 2.84 bits per heavy atom. The van der Waals surface area contributed by atoms with Crippen LogP contribution in [-0.2, 0) is 6.61 Å². The van der Waals surface area contributed by atoms with Gasteiger partial charge in [0.1, 0.15) is 23.5 Å². The molecule has 3 aromatic rings. The van der Waals surface area contributed by atoms with Crippen LogP contribution in [0.3, 0.4) is 0 Å². The third-order valence-corrected chi connectivity index (χ3v) is 3.07. The van der Waals surface area contributed by atoms with Gasteiger partial charge in [0.05, 0.1) is 5.02 Å². The first-order valence-corrected chi connectivity index (χ1v) is 6.00. The highest BCUT2D eigenvalue weighted by Gasteiger charge is 2.09. The van der Waals surface area contributed by atoms with Gasteiger partial charge in [0.2, 0.25) is 0 Å². The van der Waals surface area contributed by atoms with Crippen molar-refractivity contribution in [2.45, 2.75) is 6.61 Å². The molecule has 4 nitrogen and oxygen atoms in total. The highest BCUT2D eigenvalue weighted by Crippen LogP contribution is 2.19. The molecule has 0 bridgehead atoms. The molecule has 0 aliphatic rings. The molecule has 1 heterocycles. The summed E-state index contributed by atoms with van der Waals surface area (Å²) in [5, 5.41) is 8.11. The van der Waals surface area contributed by atoms with E-state index in [1.54, 1.807) is 12.1 Å². The van der Waals surface area contributed by atoms with Gasteiger partial charge >= 0.3 is 0 Å². The third kappa shape index (κ3) is 2.24. The molecule has 0 radical (unpaired) electrons. The molecule has 6 heteroatoms. The Bertz CT molecular complexity index is 708. The SMILES string of the molecule is Fc1cccc(Cl)c1COn1nnc2ccccc21. The Morgan fingerprint density at radius 1 is 1.16 bits per heavy atom. The molecule has 0 saturated heterocycles. The number of hydrogen-bond donors (Lipinski definition) is 0. The van der Waals surface area contributed by atoms with Crippen molar-refractivity contribution in [3.63, 3.8) is 0 Å². The average Bonchev–Trinajstić information content (AvgIpc) is 2.82. The van der Waals surface area contributed by atoms with E-state index in [9.17, 15) is 4.39 Å². The predicted molar refractivity (Wildman–Crippen MR) is 69.2 cm³/mol. The molecule has 0 spiro atoms. The maximum absolute atomic E-state index is 13.6. The first-order chi connectivity index (χ1) is 9.25. The van der Waals surface area contributed by atoms with E-state index in [-0.39, 0.29) is 6.61 Å². The molecular weight excluding hydrogens is 269 g/mol. The van der Waals surface area contributed by atoms with E-state index in [1.807, 2.05) is 24.3 Å². The number of nitrogens with zero attached hydrogens (tertiary/aromatic N) is 3. The van der Waals surface area contributed by atoms with Crippen LogP contribution in [-0.4, -0.2) is 15.2 Å². The van der Waals surface area contributed by atoms with Crippen molar-refractivity contribution in [1.29, 1.82) is 0 Å². The van der Waals surface area contributed by atoms with Gasteiger partial charge in [-0.25, -0.2) is 4.39 Å². The second-order valence-electron chi connectivity index (χ2n) is 3.92. The largest absolute Gasteiger partial charge is 0.390 e. The van der Waals surface area contributed by atoms with Crippen LogP contribution in [0.2, 0.25) is 5.02 Å². The van der Waals surface area contributed by atoms with E-state index in [0.29, 0.717) is 16.1 Å². The molecule has 0 aliphatic heterocycles. The lowest BCUT2D eigenvalue weighted by Gasteiger charge is -2.07. The normalized spacial score (nSPS) is 10.8. The quantitative estimate of drug-likeness (QED) is 0.739. The highest BCUT2D eigenvalue weighted by atomic mass is 35.5. The summed E-state index contributed by atoms with van der Waals surface area (Å²) in [5.41, 5.74) is 1.72. The van der Waals surface area contributed by atoms with E-state index >= 15 is 0 Å². The molecule has 0 fully saturated rings. The fourth-order valence-corrected chi connectivity index (χ4v) is 1.96. The van der Waals surface area contributed by atoms with E-state index < -0.39 is 5.82 Å². The number of fused-ring (bicyclic) bond motifs is 1. The monoisotopic (exact) mass is 277 g/mol. The standard InChI is InChI=1S/C13H9ClFN3O/c14-10-4-3-5-11(15)9(10)8-19-18-13-7-2-1-6-12(13)16-17-18/h1-7H,8H2. The van der Waals surface area contributed by atoms with Gasteiger partial charge in [-0.15, -0.1) is 5.10 Å². The van der Waals surface area contributed by atoms with Crippen LogP contribution < -0.4 is 4.84 Å². The summed E-state index contributed by atoms with van der Waals surface area (Å²) >= 11 is 5.92. The van der Waals surface area contributed by atoms with Crippen LogP contribution >= 0.6 is 11.6 Å². The minimum Gasteiger partial charge on any atom is -0.390 e. The van der Waals surface area contributed by atoms with Crippen molar-refractivity contribution in [2.75, 3.05) is 0 Å². The second-order valence-corrected chi connectivity index (χ2v) is 4.33.